The minimum absolute atomic E-state index is 0.0104. The van der Waals surface area contributed by atoms with E-state index in [2.05, 4.69) is 45.1 Å². The number of hydrazone groups is 1. The maximum Gasteiger partial charge on any atom is 0.144 e. The highest BCUT2D eigenvalue weighted by Crippen LogP contribution is 2.41. The van der Waals surface area contributed by atoms with Crippen LogP contribution in [-0.2, 0) is 4.79 Å². The van der Waals surface area contributed by atoms with Crippen molar-refractivity contribution >= 4 is 11.5 Å². The zero-order chi connectivity index (χ0) is 12.1. The van der Waals surface area contributed by atoms with Gasteiger partial charge in [-0.2, -0.15) is 5.10 Å². The van der Waals surface area contributed by atoms with Gasteiger partial charge in [-0.05, 0) is 11.8 Å². The summed E-state index contributed by atoms with van der Waals surface area (Å²) in [6.45, 7) is 10.7. The largest absolute Gasteiger partial charge is 0.306 e. The molecular weight excluding hydrogens is 200 g/mol. The van der Waals surface area contributed by atoms with E-state index in [9.17, 15) is 4.79 Å². The minimum Gasteiger partial charge on any atom is -0.306 e. The van der Waals surface area contributed by atoms with E-state index in [1.54, 1.807) is 0 Å². The van der Waals surface area contributed by atoms with Gasteiger partial charge < -0.3 is 5.43 Å². The van der Waals surface area contributed by atoms with Crippen molar-refractivity contribution in [2.75, 3.05) is 0 Å². The average Bonchev–Trinajstić information content (AvgIpc) is 2.43. The Hall–Kier alpha value is -0.860. The van der Waals surface area contributed by atoms with E-state index in [0.29, 0.717) is 12.2 Å². The third kappa shape index (κ3) is 1.87. The van der Waals surface area contributed by atoms with E-state index < -0.39 is 0 Å². The van der Waals surface area contributed by atoms with Crippen LogP contribution in [-0.4, -0.2) is 17.5 Å². The molecule has 3 nitrogen and oxygen atoms in total. The Morgan fingerprint density at radius 1 is 1.38 bits per heavy atom. The SMILES string of the molecule is CC1(C)CC(=O)[C@@H]2C(C(C)(C)C)=NN[C@@H]2C1. The highest BCUT2D eigenvalue weighted by molar-refractivity contribution is 6.09. The van der Waals surface area contributed by atoms with Crippen LogP contribution in [0.5, 0.6) is 0 Å². The molecule has 0 aromatic heterocycles. The normalized spacial score (nSPS) is 33.1. The molecule has 90 valence electrons. The van der Waals surface area contributed by atoms with Gasteiger partial charge in [0.2, 0.25) is 0 Å². The number of hydrogen-bond donors (Lipinski definition) is 1. The lowest BCUT2D eigenvalue weighted by atomic mass is 9.66. The summed E-state index contributed by atoms with van der Waals surface area (Å²) in [6.07, 6.45) is 1.72. The molecule has 1 aliphatic heterocycles. The Morgan fingerprint density at radius 3 is 2.56 bits per heavy atom. The number of Topliss-reactive ketones (excluding diaryl/α,β-unsaturated/α-hetero) is 1. The van der Waals surface area contributed by atoms with Gasteiger partial charge in [0, 0.05) is 11.8 Å². The van der Waals surface area contributed by atoms with Crippen LogP contribution in [0.1, 0.15) is 47.5 Å². The second-order valence-corrected chi connectivity index (χ2v) is 6.97. The van der Waals surface area contributed by atoms with Crippen LogP contribution in [0.15, 0.2) is 5.10 Å². The molecule has 3 heteroatoms. The number of ketones is 1. The third-order valence-electron chi connectivity index (χ3n) is 3.59. The topological polar surface area (TPSA) is 41.5 Å². The summed E-state index contributed by atoms with van der Waals surface area (Å²) in [7, 11) is 0. The second-order valence-electron chi connectivity index (χ2n) is 6.97. The molecule has 2 rings (SSSR count). The van der Waals surface area contributed by atoms with Gasteiger partial charge in [-0.1, -0.05) is 34.6 Å². The smallest absolute Gasteiger partial charge is 0.144 e. The molecule has 1 aliphatic carbocycles. The van der Waals surface area contributed by atoms with Crippen molar-refractivity contribution in [1.29, 1.82) is 0 Å². The number of rotatable bonds is 0. The van der Waals surface area contributed by atoms with Crippen LogP contribution >= 0.6 is 0 Å². The van der Waals surface area contributed by atoms with E-state index in [0.717, 1.165) is 12.1 Å². The fourth-order valence-corrected chi connectivity index (χ4v) is 2.91. The maximum atomic E-state index is 12.2. The predicted octanol–water partition coefficient (Wildman–Crippen LogP) is 2.37. The molecule has 2 atom stereocenters. The first-order valence-electron chi connectivity index (χ1n) is 6.07. The van der Waals surface area contributed by atoms with Crippen LogP contribution in [0.3, 0.4) is 0 Å². The Kier molecular flexibility index (Phi) is 2.41. The quantitative estimate of drug-likeness (QED) is 0.683. The van der Waals surface area contributed by atoms with E-state index in [1.807, 2.05) is 0 Å². The number of hydrogen-bond acceptors (Lipinski definition) is 3. The van der Waals surface area contributed by atoms with Crippen molar-refractivity contribution in [3.8, 4) is 0 Å². The van der Waals surface area contributed by atoms with Crippen molar-refractivity contribution in [3.63, 3.8) is 0 Å². The van der Waals surface area contributed by atoms with E-state index in [4.69, 9.17) is 0 Å². The van der Waals surface area contributed by atoms with Gasteiger partial charge in [0.1, 0.15) is 5.78 Å². The summed E-state index contributed by atoms with van der Waals surface area (Å²) in [6, 6.07) is 0.227. The van der Waals surface area contributed by atoms with Crippen molar-refractivity contribution < 1.29 is 4.79 Å². The van der Waals surface area contributed by atoms with Crippen molar-refractivity contribution in [1.82, 2.24) is 5.43 Å². The molecule has 0 aromatic carbocycles. The molecule has 1 N–H and O–H groups in total. The standard InChI is InChI=1S/C13H22N2O/c1-12(2,3)11-10-8(14-15-11)6-13(4,5)7-9(10)16/h8,10,14H,6-7H2,1-5H3/t8-,10-/m1/s1. The second kappa shape index (κ2) is 3.31. The molecule has 16 heavy (non-hydrogen) atoms. The summed E-state index contributed by atoms with van der Waals surface area (Å²) < 4.78 is 0. The number of nitrogens with one attached hydrogen (secondary N) is 1. The van der Waals surface area contributed by atoms with Crippen molar-refractivity contribution in [2.24, 2.45) is 21.8 Å². The third-order valence-corrected chi connectivity index (χ3v) is 3.59. The van der Waals surface area contributed by atoms with Gasteiger partial charge in [-0.3, -0.25) is 4.79 Å². The lowest BCUT2D eigenvalue weighted by molar-refractivity contribution is -0.126. The minimum atomic E-state index is -0.0104. The van der Waals surface area contributed by atoms with Gasteiger partial charge in [-0.15, -0.1) is 0 Å². The van der Waals surface area contributed by atoms with Crippen molar-refractivity contribution in [3.05, 3.63) is 0 Å². The van der Waals surface area contributed by atoms with Crippen LogP contribution < -0.4 is 5.43 Å². The summed E-state index contributed by atoms with van der Waals surface area (Å²) in [5.41, 5.74) is 4.32. The first-order chi connectivity index (χ1) is 7.21. The highest BCUT2D eigenvalue weighted by atomic mass is 16.1. The van der Waals surface area contributed by atoms with Crippen LogP contribution in [0.25, 0.3) is 0 Å². The molecule has 2 aliphatic rings. The molecule has 0 spiro atoms. The fraction of sp³-hybridized carbons (Fsp3) is 0.846. The molecular formula is C13H22N2O. The zero-order valence-corrected chi connectivity index (χ0v) is 10.9. The van der Waals surface area contributed by atoms with E-state index in [-0.39, 0.29) is 22.8 Å². The highest BCUT2D eigenvalue weighted by Gasteiger charge is 2.48. The summed E-state index contributed by atoms with van der Waals surface area (Å²) in [4.78, 5) is 12.2. The Morgan fingerprint density at radius 2 is 2.00 bits per heavy atom. The molecule has 1 heterocycles. The monoisotopic (exact) mass is 222 g/mol. The van der Waals surface area contributed by atoms with E-state index in [1.165, 1.54) is 0 Å². The summed E-state index contributed by atoms with van der Waals surface area (Å²) in [5, 5.41) is 4.41. The first-order valence-corrected chi connectivity index (χ1v) is 6.07. The van der Waals surface area contributed by atoms with Crippen LogP contribution in [0, 0.1) is 16.7 Å². The van der Waals surface area contributed by atoms with Gasteiger partial charge >= 0.3 is 0 Å². The Bertz CT molecular complexity index is 349. The molecule has 0 amide bonds. The predicted molar refractivity (Wildman–Crippen MR) is 65.3 cm³/mol. The molecule has 0 aromatic rings. The Labute approximate surface area is 97.7 Å². The first kappa shape index (κ1) is 11.6. The molecule has 0 saturated heterocycles. The number of carbonyl (C=O) groups excluding carboxylic acids is 1. The number of carbonyl (C=O) groups is 1. The van der Waals surface area contributed by atoms with Crippen LogP contribution in [0.4, 0.5) is 0 Å². The maximum absolute atomic E-state index is 12.2. The summed E-state index contributed by atoms with van der Waals surface area (Å²) >= 11 is 0. The molecule has 1 saturated carbocycles. The zero-order valence-electron chi connectivity index (χ0n) is 10.9. The van der Waals surface area contributed by atoms with Gasteiger partial charge in [0.25, 0.3) is 0 Å². The van der Waals surface area contributed by atoms with E-state index >= 15 is 0 Å². The van der Waals surface area contributed by atoms with Crippen LogP contribution in [0.2, 0.25) is 0 Å². The van der Waals surface area contributed by atoms with Gasteiger partial charge in [0.15, 0.2) is 0 Å². The summed E-state index contributed by atoms with van der Waals surface area (Å²) in [5.74, 6) is 0.382. The van der Waals surface area contributed by atoms with Gasteiger partial charge in [0.05, 0.1) is 17.7 Å². The number of nitrogens with zero attached hydrogens (tertiary/aromatic N) is 1. The molecule has 0 bridgehead atoms. The van der Waals surface area contributed by atoms with Gasteiger partial charge in [-0.25, -0.2) is 0 Å². The lowest BCUT2D eigenvalue weighted by Gasteiger charge is -2.37. The lowest BCUT2D eigenvalue weighted by Crippen LogP contribution is -2.47. The molecule has 1 fully saturated rings. The number of fused-ring (bicyclic) bond motifs is 1. The molecule has 0 radical (unpaired) electrons. The Balaban J connectivity index is 2.25. The van der Waals surface area contributed by atoms with Crippen molar-refractivity contribution in [2.45, 2.75) is 53.5 Å². The molecule has 0 unspecified atom stereocenters. The average molecular weight is 222 g/mol. The fourth-order valence-electron chi connectivity index (χ4n) is 2.91.